The van der Waals surface area contributed by atoms with Gasteiger partial charge in [-0.25, -0.2) is 9.78 Å². The van der Waals surface area contributed by atoms with Crippen LogP contribution >= 0.6 is 0 Å². The Kier molecular flexibility index (Phi) is 4.41. The van der Waals surface area contributed by atoms with Gasteiger partial charge in [0.15, 0.2) is 0 Å². The summed E-state index contributed by atoms with van der Waals surface area (Å²) >= 11 is 0. The van der Waals surface area contributed by atoms with Crippen molar-refractivity contribution in [1.82, 2.24) is 10.3 Å². The standard InChI is InChI=1S/C10H8F4N2O3/c11-7-4-5(1-2-15-7)3-6(8(17)18)16-9(19)10(12,13)14/h1-2,4,6H,3H2,(H,16,19)(H,17,18). The van der Waals surface area contributed by atoms with E-state index in [9.17, 15) is 27.2 Å². The minimum absolute atomic E-state index is 0.0994. The topological polar surface area (TPSA) is 79.3 Å². The Labute approximate surface area is 104 Å². The fourth-order valence-electron chi connectivity index (χ4n) is 1.25. The highest BCUT2D eigenvalue weighted by molar-refractivity contribution is 5.87. The summed E-state index contributed by atoms with van der Waals surface area (Å²) in [6, 6.07) is 0.296. The number of pyridine rings is 1. The molecular formula is C10H8F4N2O3. The zero-order chi connectivity index (χ0) is 14.6. The van der Waals surface area contributed by atoms with E-state index in [1.165, 1.54) is 11.4 Å². The number of nitrogens with one attached hydrogen (secondary N) is 1. The molecule has 0 bridgehead atoms. The smallest absolute Gasteiger partial charge is 0.471 e. The van der Waals surface area contributed by atoms with E-state index in [1.807, 2.05) is 0 Å². The zero-order valence-electron chi connectivity index (χ0n) is 9.24. The van der Waals surface area contributed by atoms with Crippen LogP contribution in [0, 0.1) is 5.95 Å². The third kappa shape index (κ3) is 4.53. The number of carbonyl (C=O) groups excluding carboxylic acids is 1. The lowest BCUT2D eigenvalue weighted by Gasteiger charge is -2.15. The van der Waals surface area contributed by atoms with Gasteiger partial charge in [-0.05, 0) is 17.7 Å². The van der Waals surface area contributed by atoms with E-state index in [-0.39, 0.29) is 5.56 Å². The van der Waals surface area contributed by atoms with Crippen molar-refractivity contribution in [3.63, 3.8) is 0 Å². The highest BCUT2D eigenvalue weighted by Gasteiger charge is 2.40. The molecule has 0 aliphatic heterocycles. The Balaban J connectivity index is 2.80. The molecule has 0 spiro atoms. The van der Waals surface area contributed by atoms with Crippen LogP contribution in [-0.4, -0.2) is 34.2 Å². The van der Waals surface area contributed by atoms with Crippen molar-refractivity contribution in [1.29, 1.82) is 0 Å². The molecule has 0 saturated heterocycles. The minimum atomic E-state index is -5.18. The van der Waals surface area contributed by atoms with Gasteiger partial charge in [0.05, 0.1) is 0 Å². The Morgan fingerprint density at radius 3 is 2.53 bits per heavy atom. The summed E-state index contributed by atoms with van der Waals surface area (Å²) in [6.07, 6.45) is -4.64. The van der Waals surface area contributed by atoms with Crippen LogP contribution in [-0.2, 0) is 16.0 Å². The number of hydrogen-bond acceptors (Lipinski definition) is 3. The molecular weight excluding hydrogens is 272 g/mol. The molecule has 0 saturated carbocycles. The predicted molar refractivity (Wildman–Crippen MR) is 53.5 cm³/mol. The van der Waals surface area contributed by atoms with E-state index < -0.39 is 36.5 Å². The third-order valence-corrected chi connectivity index (χ3v) is 2.09. The maximum atomic E-state index is 12.7. The highest BCUT2D eigenvalue weighted by Crippen LogP contribution is 2.15. The quantitative estimate of drug-likeness (QED) is 0.634. The van der Waals surface area contributed by atoms with E-state index in [2.05, 4.69) is 4.98 Å². The molecule has 0 aromatic carbocycles. The lowest BCUT2D eigenvalue weighted by Crippen LogP contribution is -2.47. The maximum Gasteiger partial charge on any atom is 0.471 e. The van der Waals surface area contributed by atoms with Gasteiger partial charge in [-0.1, -0.05) is 0 Å². The lowest BCUT2D eigenvalue weighted by atomic mass is 10.1. The minimum Gasteiger partial charge on any atom is -0.480 e. The molecule has 104 valence electrons. The second kappa shape index (κ2) is 5.63. The summed E-state index contributed by atoms with van der Waals surface area (Å²) < 4.78 is 48.7. The van der Waals surface area contributed by atoms with Crippen LogP contribution in [0.5, 0.6) is 0 Å². The van der Waals surface area contributed by atoms with Crippen LogP contribution in [0.25, 0.3) is 0 Å². The molecule has 5 nitrogen and oxygen atoms in total. The van der Waals surface area contributed by atoms with Crippen molar-refractivity contribution in [2.45, 2.75) is 18.6 Å². The molecule has 1 aromatic heterocycles. The van der Waals surface area contributed by atoms with Gasteiger partial charge in [0.1, 0.15) is 6.04 Å². The van der Waals surface area contributed by atoms with E-state index in [0.717, 1.165) is 12.3 Å². The van der Waals surface area contributed by atoms with Crippen LogP contribution in [0.4, 0.5) is 17.6 Å². The second-order valence-corrected chi connectivity index (χ2v) is 3.55. The van der Waals surface area contributed by atoms with Crippen molar-refractivity contribution in [3.8, 4) is 0 Å². The van der Waals surface area contributed by atoms with Gasteiger partial charge in [0.2, 0.25) is 5.95 Å². The number of carboxylic acids is 1. The highest BCUT2D eigenvalue weighted by atomic mass is 19.4. The number of aliphatic carboxylic acids is 1. The molecule has 1 atom stereocenters. The fraction of sp³-hybridized carbons (Fsp3) is 0.300. The second-order valence-electron chi connectivity index (χ2n) is 3.55. The first-order valence-corrected chi connectivity index (χ1v) is 4.91. The molecule has 0 radical (unpaired) electrons. The Morgan fingerprint density at radius 2 is 2.05 bits per heavy atom. The first-order chi connectivity index (χ1) is 8.70. The summed E-state index contributed by atoms with van der Waals surface area (Å²) in [5.41, 5.74) is 0.0994. The zero-order valence-corrected chi connectivity index (χ0v) is 9.24. The van der Waals surface area contributed by atoms with Crippen molar-refractivity contribution in [3.05, 3.63) is 29.8 Å². The van der Waals surface area contributed by atoms with Crippen LogP contribution < -0.4 is 5.32 Å². The molecule has 1 amide bonds. The number of aromatic nitrogens is 1. The number of amides is 1. The Hall–Kier alpha value is -2.19. The van der Waals surface area contributed by atoms with Crippen LogP contribution in [0.1, 0.15) is 5.56 Å². The van der Waals surface area contributed by atoms with E-state index >= 15 is 0 Å². The van der Waals surface area contributed by atoms with Gasteiger partial charge in [0, 0.05) is 12.6 Å². The van der Waals surface area contributed by atoms with E-state index in [1.54, 1.807) is 0 Å². The van der Waals surface area contributed by atoms with Gasteiger partial charge >= 0.3 is 18.1 Å². The number of rotatable bonds is 4. The number of hydrogen-bond donors (Lipinski definition) is 2. The van der Waals surface area contributed by atoms with Crippen molar-refractivity contribution in [2.75, 3.05) is 0 Å². The molecule has 0 fully saturated rings. The summed E-state index contributed by atoms with van der Waals surface area (Å²) in [6.45, 7) is 0. The number of carboxylic acid groups (broad SMARTS) is 1. The predicted octanol–water partition coefficient (Wildman–Crippen LogP) is 0.895. The Bertz CT molecular complexity index is 490. The third-order valence-electron chi connectivity index (χ3n) is 2.09. The molecule has 1 rings (SSSR count). The van der Waals surface area contributed by atoms with Crippen LogP contribution in [0.15, 0.2) is 18.3 Å². The van der Waals surface area contributed by atoms with Gasteiger partial charge in [-0.15, -0.1) is 0 Å². The van der Waals surface area contributed by atoms with Gasteiger partial charge in [-0.2, -0.15) is 17.6 Å². The van der Waals surface area contributed by atoms with Gasteiger partial charge in [-0.3, -0.25) is 4.79 Å². The monoisotopic (exact) mass is 280 g/mol. The number of nitrogens with zero attached hydrogens (tertiary/aromatic N) is 1. The van der Waals surface area contributed by atoms with Crippen molar-refractivity contribution in [2.24, 2.45) is 0 Å². The summed E-state index contributed by atoms with van der Waals surface area (Å²) in [5.74, 6) is -4.92. The molecule has 19 heavy (non-hydrogen) atoms. The summed E-state index contributed by atoms with van der Waals surface area (Å²) in [4.78, 5) is 24.6. The molecule has 1 heterocycles. The van der Waals surface area contributed by atoms with E-state index in [0.29, 0.717) is 0 Å². The van der Waals surface area contributed by atoms with Crippen molar-refractivity contribution >= 4 is 11.9 Å². The lowest BCUT2D eigenvalue weighted by molar-refractivity contribution is -0.175. The molecule has 1 unspecified atom stereocenters. The molecule has 1 aromatic rings. The van der Waals surface area contributed by atoms with Crippen LogP contribution in [0.2, 0.25) is 0 Å². The molecule has 0 aliphatic carbocycles. The summed E-state index contributed by atoms with van der Waals surface area (Å²) in [5, 5.41) is 10.0. The number of alkyl halides is 3. The first-order valence-electron chi connectivity index (χ1n) is 4.91. The molecule has 9 heteroatoms. The number of halogens is 4. The van der Waals surface area contributed by atoms with Gasteiger partial charge < -0.3 is 10.4 Å². The van der Waals surface area contributed by atoms with Gasteiger partial charge in [0.25, 0.3) is 0 Å². The molecule has 2 N–H and O–H groups in total. The fourth-order valence-corrected chi connectivity index (χ4v) is 1.25. The van der Waals surface area contributed by atoms with Crippen molar-refractivity contribution < 1.29 is 32.3 Å². The maximum absolute atomic E-state index is 12.7. The first kappa shape index (κ1) is 14.9. The largest absolute Gasteiger partial charge is 0.480 e. The van der Waals surface area contributed by atoms with E-state index in [4.69, 9.17) is 5.11 Å². The Morgan fingerprint density at radius 1 is 1.42 bits per heavy atom. The average molecular weight is 280 g/mol. The molecule has 0 aliphatic rings. The normalized spacial score (nSPS) is 12.8. The summed E-state index contributed by atoms with van der Waals surface area (Å²) in [7, 11) is 0. The average Bonchev–Trinajstić information content (AvgIpc) is 2.26. The SMILES string of the molecule is O=C(O)C(Cc1ccnc(F)c1)NC(=O)C(F)(F)F. The van der Waals surface area contributed by atoms with Crippen LogP contribution in [0.3, 0.4) is 0 Å². The number of carbonyl (C=O) groups is 2.